The van der Waals surface area contributed by atoms with Crippen molar-refractivity contribution in [3.05, 3.63) is 59.1 Å². The molecule has 0 radical (unpaired) electrons. The Labute approximate surface area is 163 Å². The number of piperidine rings is 1. The zero-order chi connectivity index (χ0) is 18.6. The molecule has 0 N–H and O–H groups in total. The molecule has 2 heterocycles. The molecule has 1 fully saturated rings. The number of carbonyl (C=O) groups is 1. The first-order chi connectivity index (χ1) is 13.2. The van der Waals surface area contributed by atoms with Crippen LogP contribution in [0.2, 0.25) is 0 Å². The molecular weight excluding hydrogens is 356 g/mol. The molecule has 1 aliphatic rings. The van der Waals surface area contributed by atoms with Crippen LogP contribution < -0.4 is 4.74 Å². The van der Waals surface area contributed by atoms with Crippen LogP contribution in [0, 0.1) is 6.92 Å². The Morgan fingerprint density at radius 1 is 1.22 bits per heavy atom. The Bertz CT molecular complexity index is 886. The van der Waals surface area contributed by atoms with E-state index in [9.17, 15) is 4.79 Å². The number of hydrogen-bond acceptors (Lipinski definition) is 4. The first-order valence-electron chi connectivity index (χ1n) is 9.52. The monoisotopic (exact) mass is 380 g/mol. The van der Waals surface area contributed by atoms with Crippen LogP contribution in [0.3, 0.4) is 0 Å². The van der Waals surface area contributed by atoms with Gasteiger partial charge in [-0.15, -0.1) is 11.3 Å². The predicted octanol–water partition coefficient (Wildman–Crippen LogP) is 4.78. The zero-order valence-electron chi connectivity index (χ0n) is 15.6. The largest absolute Gasteiger partial charge is 0.493 e. The molecule has 0 aliphatic carbocycles. The first kappa shape index (κ1) is 18.0. The Morgan fingerprint density at radius 2 is 2.04 bits per heavy atom. The van der Waals surface area contributed by atoms with Crippen molar-refractivity contribution in [3.8, 4) is 5.75 Å². The summed E-state index contributed by atoms with van der Waals surface area (Å²) in [5.74, 6) is 1.34. The highest BCUT2D eigenvalue weighted by molar-refractivity contribution is 7.18. The van der Waals surface area contributed by atoms with Gasteiger partial charge in [0.25, 0.3) is 0 Å². The van der Waals surface area contributed by atoms with Gasteiger partial charge in [-0.3, -0.25) is 4.79 Å². The third kappa shape index (κ3) is 4.30. The first-order valence-corrected chi connectivity index (χ1v) is 10.3. The molecule has 1 amide bonds. The van der Waals surface area contributed by atoms with E-state index < -0.39 is 0 Å². The van der Waals surface area contributed by atoms with Gasteiger partial charge in [0.15, 0.2) is 0 Å². The second kappa shape index (κ2) is 8.09. The lowest BCUT2D eigenvalue weighted by Crippen LogP contribution is -2.39. The number of fused-ring (bicyclic) bond motifs is 1. The molecule has 5 heteroatoms. The molecule has 27 heavy (non-hydrogen) atoms. The van der Waals surface area contributed by atoms with Gasteiger partial charge in [0.1, 0.15) is 5.75 Å². The van der Waals surface area contributed by atoms with Gasteiger partial charge in [-0.25, -0.2) is 4.98 Å². The van der Waals surface area contributed by atoms with Crippen LogP contribution in [-0.2, 0) is 4.79 Å². The van der Waals surface area contributed by atoms with Gasteiger partial charge in [0.05, 0.1) is 28.3 Å². The van der Waals surface area contributed by atoms with Crippen LogP contribution in [0.15, 0.2) is 48.5 Å². The van der Waals surface area contributed by atoms with E-state index in [2.05, 4.69) is 18.2 Å². The maximum atomic E-state index is 12.6. The molecule has 4 rings (SSSR count). The molecule has 4 nitrogen and oxygen atoms in total. The van der Waals surface area contributed by atoms with Crippen molar-refractivity contribution < 1.29 is 9.53 Å². The topological polar surface area (TPSA) is 42.4 Å². The van der Waals surface area contributed by atoms with Crippen LogP contribution in [-0.4, -0.2) is 35.5 Å². The number of rotatable bonds is 5. The summed E-state index contributed by atoms with van der Waals surface area (Å²) < 4.78 is 6.94. The summed E-state index contributed by atoms with van der Waals surface area (Å²) in [4.78, 5) is 19.4. The van der Waals surface area contributed by atoms with Gasteiger partial charge >= 0.3 is 0 Å². The van der Waals surface area contributed by atoms with Crippen LogP contribution in [0.4, 0.5) is 0 Å². The third-order valence-electron chi connectivity index (χ3n) is 5.04. The molecule has 1 atom stereocenters. The number of carbonyl (C=O) groups excluding carboxylic acids is 1. The molecule has 3 aromatic rings. The van der Waals surface area contributed by atoms with Crippen molar-refractivity contribution >= 4 is 27.5 Å². The van der Waals surface area contributed by atoms with E-state index in [1.165, 1.54) is 10.3 Å². The van der Waals surface area contributed by atoms with E-state index in [4.69, 9.17) is 9.72 Å². The number of benzene rings is 2. The average Bonchev–Trinajstić information content (AvgIpc) is 3.14. The average molecular weight is 381 g/mol. The van der Waals surface area contributed by atoms with E-state index in [-0.39, 0.29) is 5.91 Å². The number of nitrogens with zero attached hydrogens (tertiary/aromatic N) is 2. The standard InChI is InChI=1S/C22H24N2O2S/c1-16-8-10-18(11-9-16)26-14-12-21(25)24-13-4-5-17(15-24)22-23-19-6-2-3-7-20(19)27-22/h2-3,6-11,17H,4-5,12-15H2,1H3/t17-/m0/s1. The van der Waals surface area contributed by atoms with Gasteiger partial charge < -0.3 is 9.64 Å². The van der Waals surface area contributed by atoms with E-state index >= 15 is 0 Å². The van der Waals surface area contributed by atoms with Gasteiger partial charge in [0, 0.05) is 19.0 Å². The minimum absolute atomic E-state index is 0.174. The van der Waals surface area contributed by atoms with E-state index in [0.717, 1.165) is 42.2 Å². The summed E-state index contributed by atoms with van der Waals surface area (Å²) in [5, 5.41) is 1.16. The predicted molar refractivity (Wildman–Crippen MR) is 109 cm³/mol. The highest BCUT2D eigenvalue weighted by Gasteiger charge is 2.26. The summed E-state index contributed by atoms with van der Waals surface area (Å²) in [6, 6.07) is 16.2. The second-order valence-corrected chi connectivity index (χ2v) is 8.17. The van der Waals surface area contributed by atoms with Gasteiger partial charge in [0.2, 0.25) is 5.91 Å². The van der Waals surface area contributed by atoms with Crippen molar-refractivity contribution in [1.29, 1.82) is 0 Å². The molecule has 2 aromatic carbocycles. The molecule has 140 valence electrons. The number of hydrogen-bond donors (Lipinski definition) is 0. The Hall–Kier alpha value is -2.40. The second-order valence-electron chi connectivity index (χ2n) is 7.11. The Kier molecular flexibility index (Phi) is 5.39. The zero-order valence-corrected chi connectivity index (χ0v) is 16.4. The lowest BCUT2D eigenvalue weighted by Gasteiger charge is -2.32. The number of ether oxygens (including phenoxy) is 1. The summed E-state index contributed by atoms with van der Waals surface area (Å²) in [5.41, 5.74) is 2.26. The molecule has 1 saturated heterocycles. The van der Waals surface area contributed by atoms with Gasteiger partial charge in [-0.2, -0.15) is 0 Å². The van der Waals surface area contributed by atoms with Crippen LogP contribution in [0.5, 0.6) is 5.75 Å². The summed E-state index contributed by atoms with van der Waals surface area (Å²) >= 11 is 1.76. The van der Waals surface area contributed by atoms with Crippen molar-refractivity contribution in [2.24, 2.45) is 0 Å². The van der Waals surface area contributed by atoms with E-state index in [1.54, 1.807) is 11.3 Å². The number of thiazole rings is 1. The lowest BCUT2D eigenvalue weighted by atomic mass is 9.98. The number of amides is 1. The SMILES string of the molecule is Cc1ccc(OCCC(=O)N2CCC[C@H](c3nc4ccccc4s3)C2)cc1. The minimum Gasteiger partial charge on any atom is -0.493 e. The van der Waals surface area contributed by atoms with Crippen LogP contribution in [0.25, 0.3) is 10.2 Å². The molecule has 0 bridgehead atoms. The number of aryl methyl sites for hydroxylation is 1. The maximum absolute atomic E-state index is 12.6. The minimum atomic E-state index is 0.174. The molecule has 0 unspecified atom stereocenters. The number of aromatic nitrogens is 1. The fourth-order valence-corrected chi connectivity index (χ4v) is 4.61. The summed E-state index contributed by atoms with van der Waals surface area (Å²) in [6.45, 7) is 4.07. The Balaban J connectivity index is 1.33. The molecule has 1 aliphatic heterocycles. The van der Waals surface area contributed by atoms with E-state index in [0.29, 0.717) is 18.9 Å². The van der Waals surface area contributed by atoms with Gasteiger partial charge in [-0.1, -0.05) is 29.8 Å². The quantitative estimate of drug-likeness (QED) is 0.640. The Morgan fingerprint density at radius 3 is 2.85 bits per heavy atom. The fraction of sp³-hybridized carbons (Fsp3) is 0.364. The number of likely N-dealkylation sites (tertiary alicyclic amines) is 1. The van der Waals surface area contributed by atoms with Crippen molar-refractivity contribution in [1.82, 2.24) is 9.88 Å². The van der Waals surface area contributed by atoms with Gasteiger partial charge in [-0.05, 0) is 44.0 Å². The highest BCUT2D eigenvalue weighted by atomic mass is 32.1. The molecule has 1 aromatic heterocycles. The van der Waals surface area contributed by atoms with E-state index in [1.807, 2.05) is 42.2 Å². The van der Waals surface area contributed by atoms with Crippen LogP contribution in [0.1, 0.15) is 35.8 Å². The van der Waals surface area contributed by atoms with Crippen molar-refractivity contribution in [2.75, 3.05) is 19.7 Å². The maximum Gasteiger partial charge on any atom is 0.226 e. The smallest absolute Gasteiger partial charge is 0.226 e. The van der Waals surface area contributed by atoms with Crippen molar-refractivity contribution in [2.45, 2.75) is 32.1 Å². The molecule has 0 spiro atoms. The molecular formula is C22H24N2O2S. The molecule has 0 saturated carbocycles. The summed E-state index contributed by atoms with van der Waals surface area (Å²) in [6.07, 6.45) is 2.55. The van der Waals surface area contributed by atoms with Crippen molar-refractivity contribution in [3.63, 3.8) is 0 Å². The highest BCUT2D eigenvalue weighted by Crippen LogP contribution is 2.33. The number of para-hydroxylation sites is 1. The summed E-state index contributed by atoms with van der Waals surface area (Å²) in [7, 11) is 0. The third-order valence-corrected chi connectivity index (χ3v) is 6.24. The van der Waals surface area contributed by atoms with Crippen LogP contribution >= 0.6 is 11.3 Å². The normalized spacial score (nSPS) is 17.2. The lowest BCUT2D eigenvalue weighted by molar-refractivity contribution is -0.132. The fourth-order valence-electron chi connectivity index (χ4n) is 3.52.